The van der Waals surface area contributed by atoms with Crippen molar-refractivity contribution in [3.63, 3.8) is 0 Å². The number of rotatable bonds is 4. The van der Waals surface area contributed by atoms with Crippen LogP contribution in [0.1, 0.15) is 34.4 Å². The van der Waals surface area contributed by atoms with Gasteiger partial charge >= 0.3 is 11.9 Å². The molecule has 2 aromatic carbocycles. The first kappa shape index (κ1) is 26.0. The topological polar surface area (TPSA) is 80.9 Å². The van der Waals surface area contributed by atoms with Crippen molar-refractivity contribution in [1.82, 2.24) is 19.7 Å². The number of carbonyl (C=O) groups is 1. The second-order valence-electron chi connectivity index (χ2n) is 7.11. The van der Waals surface area contributed by atoms with Crippen LogP contribution >= 0.6 is 0 Å². The Hall–Kier alpha value is -3.29. The molecule has 0 fully saturated rings. The van der Waals surface area contributed by atoms with Crippen LogP contribution in [-0.4, -0.2) is 30.8 Å². The molecule has 0 spiro atoms. The van der Waals surface area contributed by atoms with Crippen LogP contribution in [0.2, 0.25) is 0 Å². The molecule has 0 aliphatic heterocycles. The largest absolute Gasteiger partial charge is 0.477 e. The van der Waals surface area contributed by atoms with Gasteiger partial charge in [-0.3, -0.25) is 0 Å². The fourth-order valence-corrected chi connectivity index (χ4v) is 3.13. The number of benzene rings is 2. The minimum atomic E-state index is -3.10. The summed E-state index contributed by atoms with van der Waals surface area (Å²) >= 11 is 0. The number of carboxylic acids is 1. The molecule has 9 heteroatoms. The van der Waals surface area contributed by atoms with E-state index < -0.39 is 11.9 Å². The zero-order valence-electron chi connectivity index (χ0n) is 18.1. The number of pyridine rings is 1. The summed E-state index contributed by atoms with van der Waals surface area (Å²) in [6.45, 7) is 4.61. The predicted molar refractivity (Wildman–Crippen MR) is 116 cm³/mol. The number of hydrogen-bond donors (Lipinski definition) is 1. The zero-order valence-corrected chi connectivity index (χ0v) is 20.5. The number of nitrogens with zero attached hydrogens (tertiary/aromatic N) is 4. The van der Waals surface area contributed by atoms with Crippen LogP contribution in [0.15, 0.2) is 66.9 Å². The maximum absolute atomic E-state index is 14.1. The first-order valence-corrected chi connectivity index (χ1v) is 9.72. The molecule has 1 radical (unpaired) electrons. The fourth-order valence-electron chi connectivity index (χ4n) is 3.13. The number of carboxylic acid groups (broad SMARTS) is 1. The van der Waals surface area contributed by atoms with Crippen LogP contribution < -0.4 is 0 Å². The molecule has 173 valence electrons. The van der Waals surface area contributed by atoms with E-state index in [1.165, 1.54) is 16.8 Å². The summed E-state index contributed by atoms with van der Waals surface area (Å²) in [4.78, 5) is 13.7. The van der Waals surface area contributed by atoms with Gasteiger partial charge < -0.3 is 9.67 Å². The Kier molecular flexibility index (Phi) is 8.68. The molecule has 0 atom stereocenters. The molecule has 0 saturated heterocycles. The maximum atomic E-state index is 14.1. The van der Waals surface area contributed by atoms with Crippen molar-refractivity contribution in [2.24, 2.45) is 0 Å². The quantitative estimate of drug-likeness (QED) is 0.313. The second-order valence-corrected chi connectivity index (χ2v) is 7.11. The van der Waals surface area contributed by atoms with Crippen molar-refractivity contribution in [2.75, 3.05) is 0 Å². The minimum absolute atomic E-state index is 0. The van der Waals surface area contributed by atoms with E-state index in [1.807, 2.05) is 44.2 Å². The first-order valence-electron chi connectivity index (χ1n) is 9.72. The van der Waals surface area contributed by atoms with Gasteiger partial charge in [-0.15, -0.1) is 41.0 Å². The van der Waals surface area contributed by atoms with Crippen molar-refractivity contribution in [1.29, 1.82) is 0 Å². The SMILES string of the molecule is Cc1cccc(C)c1-n1c(-c2[c-]cccc2)nnc1C(C)(F)F.O=C(O)c1ccccn1.[Ir]. The van der Waals surface area contributed by atoms with Crippen LogP contribution in [0.3, 0.4) is 0 Å². The molecule has 2 heterocycles. The molecule has 0 amide bonds. The van der Waals surface area contributed by atoms with Crippen molar-refractivity contribution >= 4 is 5.97 Å². The van der Waals surface area contributed by atoms with Gasteiger partial charge in [-0.1, -0.05) is 24.3 Å². The van der Waals surface area contributed by atoms with Gasteiger partial charge in [0.15, 0.2) is 5.82 Å². The van der Waals surface area contributed by atoms with Crippen molar-refractivity contribution in [3.8, 4) is 17.1 Å². The maximum Gasteiger partial charge on any atom is 0.354 e. The number of aromatic nitrogens is 4. The minimum Gasteiger partial charge on any atom is -0.477 e. The van der Waals surface area contributed by atoms with E-state index in [1.54, 1.807) is 24.3 Å². The molecule has 0 bridgehead atoms. The van der Waals surface area contributed by atoms with E-state index in [0.717, 1.165) is 18.1 Å². The van der Waals surface area contributed by atoms with Crippen LogP contribution in [0.25, 0.3) is 17.1 Å². The number of halogens is 2. The third-order valence-electron chi connectivity index (χ3n) is 4.55. The van der Waals surface area contributed by atoms with E-state index in [4.69, 9.17) is 5.11 Å². The number of hydrogen-bond acceptors (Lipinski definition) is 4. The number of aryl methyl sites for hydroxylation is 2. The summed E-state index contributed by atoms with van der Waals surface area (Å²) in [6.07, 6.45) is 1.45. The molecule has 0 aliphatic rings. The van der Waals surface area contributed by atoms with Gasteiger partial charge in [-0.2, -0.15) is 13.9 Å². The summed E-state index contributed by atoms with van der Waals surface area (Å²) in [5.41, 5.74) is 3.15. The van der Waals surface area contributed by atoms with E-state index >= 15 is 0 Å². The Morgan fingerprint density at radius 1 is 1.00 bits per heavy atom. The van der Waals surface area contributed by atoms with Gasteiger partial charge in [0, 0.05) is 38.9 Å². The van der Waals surface area contributed by atoms with Gasteiger partial charge in [-0.25, -0.2) is 9.78 Å². The van der Waals surface area contributed by atoms with Crippen molar-refractivity contribution in [2.45, 2.75) is 26.7 Å². The van der Waals surface area contributed by atoms with Crippen LogP contribution in [0.4, 0.5) is 8.78 Å². The Bertz CT molecular complexity index is 1190. The van der Waals surface area contributed by atoms with E-state index in [-0.39, 0.29) is 31.6 Å². The average Bonchev–Trinajstić information content (AvgIpc) is 3.21. The molecule has 0 saturated carbocycles. The second kappa shape index (κ2) is 11.0. The molecule has 2 aromatic heterocycles. The fraction of sp³-hybridized carbons (Fsp3) is 0.167. The normalized spacial score (nSPS) is 10.6. The zero-order chi connectivity index (χ0) is 23.3. The Morgan fingerprint density at radius 2 is 1.67 bits per heavy atom. The number of aromatic carboxylic acids is 1. The van der Waals surface area contributed by atoms with E-state index in [0.29, 0.717) is 17.1 Å². The Morgan fingerprint density at radius 3 is 2.15 bits per heavy atom. The Labute approximate surface area is 203 Å². The molecule has 0 unspecified atom stereocenters. The number of para-hydroxylation sites is 1. The Balaban J connectivity index is 0.000000326. The third-order valence-corrected chi connectivity index (χ3v) is 4.55. The van der Waals surface area contributed by atoms with Gasteiger partial charge in [0.1, 0.15) is 5.69 Å². The monoisotopic (exact) mass is 628 g/mol. The van der Waals surface area contributed by atoms with Crippen molar-refractivity contribution in [3.05, 3.63) is 95.6 Å². The van der Waals surface area contributed by atoms with Crippen LogP contribution in [0.5, 0.6) is 0 Å². The standard InChI is InChI=1S/C18H16F2N3.C6H5NO2.Ir/c1-12-8-7-9-13(2)15(12)23-16(14-10-5-4-6-11-14)21-22-17(23)18(3,19)20;8-6(9)5-3-1-2-4-7-5;/h4-10H,1-3H3;1-4H,(H,8,9);/q-1;;. The molecule has 4 rings (SSSR count). The molecule has 33 heavy (non-hydrogen) atoms. The molecule has 6 nitrogen and oxygen atoms in total. The molecular formula is C24H21F2IrN4O2-. The van der Waals surface area contributed by atoms with Gasteiger partial charge in [0.25, 0.3) is 0 Å². The summed E-state index contributed by atoms with van der Waals surface area (Å²) < 4.78 is 29.6. The average molecular weight is 628 g/mol. The summed E-state index contributed by atoms with van der Waals surface area (Å²) in [5.74, 6) is -4.10. The van der Waals surface area contributed by atoms with Crippen molar-refractivity contribution < 1.29 is 38.8 Å². The predicted octanol–water partition coefficient (Wildman–Crippen LogP) is 5.24. The van der Waals surface area contributed by atoms with Gasteiger partial charge in [0.2, 0.25) is 0 Å². The van der Waals surface area contributed by atoms with E-state index in [2.05, 4.69) is 21.2 Å². The summed E-state index contributed by atoms with van der Waals surface area (Å²) in [5, 5.41) is 16.1. The third kappa shape index (κ3) is 6.15. The van der Waals surface area contributed by atoms with Crippen LogP contribution in [0, 0.1) is 19.9 Å². The smallest absolute Gasteiger partial charge is 0.354 e. The molecule has 0 aliphatic carbocycles. The molecule has 1 N–H and O–H groups in total. The van der Waals surface area contributed by atoms with Gasteiger partial charge in [-0.05, 0) is 37.1 Å². The molecule has 4 aromatic rings. The summed E-state index contributed by atoms with van der Waals surface area (Å²) in [7, 11) is 0. The van der Waals surface area contributed by atoms with E-state index in [9.17, 15) is 13.6 Å². The number of alkyl halides is 2. The van der Waals surface area contributed by atoms with Gasteiger partial charge in [0.05, 0.1) is 5.82 Å². The van der Waals surface area contributed by atoms with Crippen LogP contribution in [-0.2, 0) is 26.0 Å². The first-order chi connectivity index (χ1) is 15.2. The molecular weight excluding hydrogens is 607 g/mol. The summed E-state index contributed by atoms with van der Waals surface area (Å²) in [6, 6.07) is 20.6.